The average molecular weight is 280 g/mol. The van der Waals surface area contributed by atoms with Crippen molar-refractivity contribution in [3.8, 4) is 0 Å². The molecule has 104 valence electrons. The lowest BCUT2D eigenvalue weighted by molar-refractivity contribution is 0.770. The van der Waals surface area contributed by atoms with Gasteiger partial charge in [-0.3, -0.25) is 0 Å². The van der Waals surface area contributed by atoms with Gasteiger partial charge in [0.1, 0.15) is 0 Å². The molecule has 2 saturated heterocycles. The Morgan fingerprint density at radius 3 is 2.16 bits per heavy atom. The predicted molar refractivity (Wildman–Crippen MR) is 79.8 cm³/mol. The van der Waals surface area contributed by atoms with Crippen LogP contribution in [0.3, 0.4) is 0 Å². The number of nitrogens with two attached hydrogens (primary N) is 1. The number of nitrogen functional groups attached to an aromatic ring is 1. The zero-order valence-corrected chi connectivity index (χ0v) is 11.9. The number of nitrogens with zero attached hydrogens (tertiary/aromatic N) is 5. The van der Waals surface area contributed by atoms with Gasteiger partial charge in [-0.25, -0.2) is 0 Å². The van der Waals surface area contributed by atoms with Crippen LogP contribution in [0.15, 0.2) is 0 Å². The molecule has 3 heterocycles. The SMILES string of the molecule is Nc1nc(N2CCCC2)nc(N2CCCSCC2)n1. The molecule has 19 heavy (non-hydrogen) atoms. The molecule has 0 aromatic carbocycles. The maximum Gasteiger partial charge on any atom is 0.231 e. The molecule has 6 nitrogen and oxygen atoms in total. The normalized spacial score (nSPS) is 20.6. The molecule has 0 amide bonds. The molecule has 2 N–H and O–H groups in total. The van der Waals surface area contributed by atoms with E-state index in [1.165, 1.54) is 25.0 Å². The highest BCUT2D eigenvalue weighted by molar-refractivity contribution is 7.99. The van der Waals surface area contributed by atoms with Gasteiger partial charge < -0.3 is 15.5 Å². The Kier molecular flexibility index (Phi) is 3.91. The minimum absolute atomic E-state index is 0.337. The van der Waals surface area contributed by atoms with Gasteiger partial charge in [0, 0.05) is 31.9 Å². The summed E-state index contributed by atoms with van der Waals surface area (Å²) in [4.78, 5) is 17.7. The summed E-state index contributed by atoms with van der Waals surface area (Å²) in [6, 6.07) is 0. The highest BCUT2D eigenvalue weighted by atomic mass is 32.2. The van der Waals surface area contributed by atoms with Gasteiger partial charge in [0.25, 0.3) is 0 Å². The minimum Gasteiger partial charge on any atom is -0.368 e. The number of rotatable bonds is 2. The van der Waals surface area contributed by atoms with E-state index in [4.69, 9.17) is 5.73 Å². The van der Waals surface area contributed by atoms with E-state index in [0.717, 1.165) is 43.8 Å². The van der Waals surface area contributed by atoms with E-state index in [1.54, 1.807) is 0 Å². The van der Waals surface area contributed by atoms with Gasteiger partial charge in [-0.2, -0.15) is 26.7 Å². The summed E-state index contributed by atoms with van der Waals surface area (Å²) in [7, 11) is 0. The molecule has 1 aromatic heterocycles. The molecule has 0 unspecified atom stereocenters. The van der Waals surface area contributed by atoms with Crippen molar-refractivity contribution in [3.05, 3.63) is 0 Å². The van der Waals surface area contributed by atoms with Crippen LogP contribution in [0.4, 0.5) is 17.8 Å². The fraction of sp³-hybridized carbons (Fsp3) is 0.750. The Balaban J connectivity index is 1.83. The number of anilines is 3. The van der Waals surface area contributed by atoms with Crippen molar-refractivity contribution in [2.45, 2.75) is 19.3 Å². The Labute approximate surface area is 117 Å². The predicted octanol–water partition coefficient (Wildman–Crippen LogP) is 0.997. The lowest BCUT2D eigenvalue weighted by Crippen LogP contribution is -2.29. The summed E-state index contributed by atoms with van der Waals surface area (Å²) in [5.74, 6) is 4.18. The first kappa shape index (κ1) is 12.8. The van der Waals surface area contributed by atoms with Crippen LogP contribution < -0.4 is 15.5 Å². The Bertz CT molecular complexity index is 426. The van der Waals surface area contributed by atoms with Crippen molar-refractivity contribution < 1.29 is 0 Å². The van der Waals surface area contributed by atoms with Crippen LogP contribution in [0.2, 0.25) is 0 Å². The summed E-state index contributed by atoms with van der Waals surface area (Å²) >= 11 is 1.99. The lowest BCUT2D eigenvalue weighted by Gasteiger charge is -2.22. The second-order valence-corrected chi connectivity index (χ2v) is 6.17. The maximum absolute atomic E-state index is 5.85. The van der Waals surface area contributed by atoms with Gasteiger partial charge in [-0.1, -0.05) is 0 Å². The molecule has 2 aliphatic rings. The number of hydrogen-bond donors (Lipinski definition) is 1. The molecule has 2 aliphatic heterocycles. The first-order chi connectivity index (χ1) is 9.33. The van der Waals surface area contributed by atoms with Gasteiger partial charge in [0.15, 0.2) is 0 Å². The first-order valence-electron chi connectivity index (χ1n) is 6.92. The molecule has 0 saturated carbocycles. The van der Waals surface area contributed by atoms with Crippen LogP contribution in [-0.4, -0.2) is 52.6 Å². The molecule has 1 aromatic rings. The van der Waals surface area contributed by atoms with Crippen LogP contribution >= 0.6 is 11.8 Å². The van der Waals surface area contributed by atoms with Crippen LogP contribution in [0.25, 0.3) is 0 Å². The van der Waals surface area contributed by atoms with E-state index in [9.17, 15) is 0 Å². The summed E-state index contributed by atoms with van der Waals surface area (Å²) in [6.45, 7) is 4.06. The van der Waals surface area contributed by atoms with Crippen molar-refractivity contribution in [2.75, 3.05) is 53.2 Å². The van der Waals surface area contributed by atoms with E-state index < -0.39 is 0 Å². The first-order valence-corrected chi connectivity index (χ1v) is 8.07. The third-order valence-corrected chi connectivity index (χ3v) is 4.57. The smallest absolute Gasteiger partial charge is 0.231 e. The Hall–Kier alpha value is -1.24. The highest BCUT2D eigenvalue weighted by Crippen LogP contribution is 2.21. The summed E-state index contributed by atoms with van der Waals surface area (Å²) in [5.41, 5.74) is 5.85. The van der Waals surface area contributed by atoms with E-state index in [-0.39, 0.29) is 0 Å². The monoisotopic (exact) mass is 280 g/mol. The third kappa shape index (κ3) is 3.02. The third-order valence-electron chi connectivity index (χ3n) is 3.52. The second-order valence-electron chi connectivity index (χ2n) is 4.94. The Morgan fingerprint density at radius 2 is 1.42 bits per heavy atom. The summed E-state index contributed by atoms with van der Waals surface area (Å²) in [6.07, 6.45) is 3.60. The van der Waals surface area contributed by atoms with Crippen LogP contribution in [-0.2, 0) is 0 Å². The fourth-order valence-corrected chi connectivity index (χ4v) is 3.40. The maximum atomic E-state index is 5.85. The van der Waals surface area contributed by atoms with Crippen LogP contribution in [0.1, 0.15) is 19.3 Å². The lowest BCUT2D eigenvalue weighted by atomic mass is 10.4. The molecular weight excluding hydrogens is 260 g/mol. The zero-order valence-electron chi connectivity index (χ0n) is 11.1. The minimum atomic E-state index is 0.337. The van der Waals surface area contributed by atoms with Crippen LogP contribution in [0.5, 0.6) is 0 Å². The Morgan fingerprint density at radius 1 is 0.789 bits per heavy atom. The van der Waals surface area contributed by atoms with Gasteiger partial charge in [0.2, 0.25) is 17.8 Å². The van der Waals surface area contributed by atoms with Crippen molar-refractivity contribution in [2.24, 2.45) is 0 Å². The summed E-state index contributed by atoms with van der Waals surface area (Å²) in [5, 5.41) is 0. The highest BCUT2D eigenvalue weighted by Gasteiger charge is 2.19. The van der Waals surface area contributed by atoms with Crippen molar-refractivity contribution >= 4 is 29.6 Å². The zero-order chi connectivity index (χ0) is 13.1. The van der Waals surface area contributed by atoms with Gasteiger partial charge in [-0.15, -0.1) is 0 Å². The molecule has 0 atom stereocenters. The quantitative estimate of drug-likeness (QED) is 0.866. The summed E-state index contributed by atoms with van der Waals surface area (Å²) < 4.78 is 0. The standard InChI is InChI=1S/C12H20N6S/c13-10-14-11(17-4-1-2-5-17)16-12(15-10)18-6-3-8-19-9-7-18/h1-9H2,(H2,13,14,15,16). The molecule has 2 fully saturated rings. The number of aromatic nitrogens is 3. The topological polar surface area (TPSA) is 71.2 Å². The van der Waals surface area contributed by atoms with E-state index in [2.05, 4.69) is 24.8 Å². The molecular formula is C12H20N6S. The van der Waals surface area contributed by atoms with Crippen molar-refractivity contribution in [1.29, 1.82) is 0 Å². The molecule has 0 spiro atoms. The molecule has 7 heteroatoms. The van der Waals surface area contributed by atoms with Gasteiger partial charge in [-0.05, 0) is 25.0 Å². The molecule has 0 aliphatic carbocycles. The largest absolute Gasteiger partial charge is 0.368 e. The fourth-order valence-electron chi connectivity index (χ4n) is 2.52. The van der Waals surface area contributed by atoms with Gasteiger partial charge >= 0.3 is 0 Å². The van der Waals surface area contributed by atoms with Gasteiger partial charge in [0.05, 0.1) is 0 Å². The van der Waals surface area contributed by atoms with E-state index in [1.807, 2.05) is 11.8 Å². The second kappa shape index (κ2) is 5.81. The number of thioether (sulfide) groups is 1. The average Bonchev–Trinajstić information content (AvgIpc) is 2.81. The van der Waals surface area contributed by atoms with E-state index in [0.29, 0.717) is 5.95 Å². The number of hydrogen-bond acceptors (Lipinski definition) is 7. The van der Waals surface area contributed by atoms with Crippen molar-refractivity contribution in [1.82, 2.24) is 15.0 Å². The van der Waals surface area contributed by atoms with Crippen LogP contribution in [0, 0.1) is 0 Å². The molecule has 3 rings (SSSR count). The van der Waals surface area contributed by atoms with E-state index >= 15 is 0 Å². The molecule has 0 radical (unpaired) electrons. The molecule has 0 bridgehead atoms. The van der Waals surface area contributed by atoms with Crippen molar-refractivity contribution in [3.63, 3.8) is 0 Å².